The van der Waals surface area contributed by atoms with Gasteiger partial charge >= 0.3 is 12.3 Å². The highest BCUT2D eigenvalue weighted by molar-refractivity contribution is 5.60. The van der Waals surface area contributed by atoms with Gasteiger partial charge in [0.1, 0.15) is 0 Å². The summed E-state index contributed by atoms with van der Waals surface area (Å²) in [6.45, 7) is -1.46. The van der Waals surface area contributed by atoms with Crippen LogP contribution in [0.5, 0.6) is 17.2 Å². The lowest BCUT2D eigenvalue weighted by atomic mass is 10.2. The zero-order chi connectivity index (χ0) is 21.0. The molecule has 0 saturated carbocycles. The summed E-state index contributed by atoms with van der Waals surface area (Å²) >= 11 is 0. The summed E-state index contributed by atoms with van der Waals surface area (Å²) in [4.78, 5) is 14.7. The first kappa shape index (κ1) is 20.0. The number of methoxy groups -OCH3 is 1. The highest BCUT2D eigenvalue weighted by Crippen LogP contribution is 2.33. The van der Waals surface area contributed by atoms with Crippen molar-refractivity contribution < 1.29 is 32.4 Å². The van der Waals surface area contributed by atoms with Crippen molar-refractivity contribution in [2.24, 2.45) is 0 Å². The predicted molar refractivity (Wildman–Crippen MR) is 95.1 cm³/mol. The molecule has 3 aromatic rings. The van der Waals surface area contributed by atoms with Gasteiger partial charge in [-0.15, -0.1) is 0 Å². The van der Waals surface area contributed by atoms with Crippen molar-refractivity contribution in [3.63, 3.8) is 0 Å². The molecule has 1 aromatic heterocycles. The minimum atomic E-state index is -2.99. The van der Waals surface area contributed by atoms with Crippen molar-refractivity contribution in [1.29, 1.82) is 0 Å². The molecule has 0 aliphatic heterocycles. The zero-order valence-corrected chi connectivity index (χ0v) is 15.3. The van der Waals surface area contributed by atoms with E-state index in [1.165, 1.54) is 37.4 Å². The van der Waals surface area contributed by atoms with Crippen molar-refractivity contribution in [2.75, 3.05) is 7.11 Å². The van der Waals surface area contributed by atoms with E-state index in [1.54, 1.807) is 13.0 Å². The van der Waals surface area contributed by atoms with Crippen LogP contribution in [0.1, 0.15) is 11.5 Å². The van der Waals surface area contributed by atoms with Crippen LogP contribution in [0.25, 0.3) is 11.4 Å². The molecule has 3 rings (SSSR count). The van der Waals surface area contributed by atoms with E-state index < -0.39 is 11.5 Å². The molecule has 0 fully saturated rings. The van der Waals surface area contributed by atoms with Crippen molar-refractivity contribution in [1.82, 2.24) is 10.1 Å². The van der Waals surface area contributed by atoms with E-state index in [2.05, 4.69) is 14.9 Å². The minimum Gasteiger partial charge on any atom is -0.493 e. The number of halogens is 2. The molecule has 11 heteroatoms. The van der Waals surface area contributed by atoms with Crippen LogP contribution in [0, 0.1) is 17.0 Å². The minimum absolute atomic E-state index is 0.0653. The summed E-state index contributed by atoms with van der Waals surface area (Å²) in [6, 6.07) is 8.72. The SMILES string of the molecule is COc1cc(-c2noc(COc3ccc(C)cc3[N+](=O)[O-])n2)ccc1OC(F)F. The van der Waals surface area contributed by atoms with E-state index in [1.807, 2.05) is 0 Å². The second-order valence-corrected chi connectivity index (χ2v) is 5.77. The van der Waals surface area contributed by atoms with E-state index in [0.717, 1.165) is 5.56 Å². The van der Waals surface area contributed by atoms with E-state index in [9.17, 15) is 18.9 Å². The van der Waals surface area contributed by atoms with Crippen LogP contribution in [-0.4, -0.2) is 28.8 Å². The average molecular weight is 407 g/mol. The second-order valence-electron chi connectivity index (χ2n) is 5.77. The number of nitro groups is 1. The Kier molecular flexibility index (Phi) is 5.86. The molecule has 0 atom stereocenters. The maximum Gasteiger partial charge on any atom is 0.387 e. The van der Waals surface area contributed by atoms with Gasteiger partial charge in [0.15, 0.2) is 23.9 Å². The number of ether oxygens (including phenoxy) is 3. The molecule has 29 heavy (non-hydrogen) atoms. The van der Waals surface area contributed by atoms with Gasteiger partial charge in [-0.1, -0.05) is 11.2 Å². The molecule has 0 aliphatic rings. The molecule has 0 bridgehead atoms. The molecule has 2 aromatic carbocycles. The molecule has 152 valence electrons. The Morgan fingerprint density at radius 3 is 2.62 bits per heavy atom. The van der Waals surface area contributed by atoms with Crippen LogP contribution in [0.4, 0.5) is 14.5 Å². The summed E-state index contributed by atoms with van der Waals surface area (Å²) in [5.74, 6) is 0.229. The lowest BCUT2D eigenvalue weighted by molar-refractivity contribution is -0.386. The molecule has 0 spiro atoms. The van der Waals surface area contributed by atoms with Gasteiger partial charge < -0.3 is 18.7 Å². The number of nitro benzene ring substituents is 1. The smallest absolute Gasteiger partial charge is 0.387 e. The van der Waals surface area contributed by atoms with Crippen LogP contribution in [0.3, 0.4) is 0 Å². The van der Waals surface area contributed by atoms with Gasteiger partial charge in [0.05, 0.1) is 12.0 Å². The largest absolute Gasteiger partial charge is 0.493 e. The van der Waals surface area contributed by atoms with E-state index in [0.29, 0.717) is 5.56 Å². The fourth-order valence-corrected chi connectivity index (χ4v) is 2.46. The number of aryl methyl sites for hydroxylation is 1. The average Bonchev–Trinajstić information content (AvgIpc) is 3.15. The highest BCUT2D eigenvalue weighted by atomic mass is 19.3. The normalized spacial score (nSPS) is 10.8. The fraction of sp³-hybridized carbons (Fsp3) is 0.222. The third kappa shape index (κ3) is 4.75. The van der Waals surface area contributed by atoms with Crippen molar-refractivity contribution in [3.8, 4) is 28.6 Å². The molecule has 0 N–H and O–H groups in total. The Morgan fingerprint density at radius 2 is 1.93 bits per heavy atom. The Hall–Kier alpha value is -3.76. The number of nitrogens with zero attached hydrogens (tertiary/aromatic N) is 3. The van der Waals surface area contributed by atoms with Crippen LogP contribution in [0.15, 0.2) is 40.9 Å². The van der Waals surface area contributed by atoms with Gasteiger partial charge in [-0.05, 0) is 36.8 Å². The number of alkyl halides is 2. The quantitative estimate of drug-likeness (QED) is 0.405. The third-order valence-electron chi connectivity index (χ3n) is 3.77. The fourth-order valence-electron chi connectivity index (χ4n) is 2.46. The first-order valence-electron chi connectivity index (χ1n) is 8.21. The molecular weight excluding hydrogens is 392 g/mol. The number of hydrogen-bond donors (Lipinski definition) is 0. The van der Waals surface area contributed by atoms with Crippen molar-refractivity contribution in [3.05, 3.63) is 58.0 Å². The topological polar surface area (TPSA) is 110 Å². The number of hydrogen-bond acceptors (Lipinski definition) is 8. The molecular formula is C18H15F2N3O6. The van der Waals surface area contributed by atoms with Gasteiger partial charge in [0.25, 0.3) is 5.89 Å². The van der Waals surface area contributed by atoms with E-state index >= 15 is 0 Å². The first-order valence-corrected chi connectivity index (χ1v) is 8.21. The van der Waals surface area contributed by atoms with Crippen LogP contribution in [-0.2, 0) is 6.61 Å². The van der Waals surface area contributed by atoms with Crippen LogP contribution < -0.4 is 14.2 Å². The summed E-state index contributed by atoms with van der Waals surface area (Å²) in [6.07, 6.45) is 0. The Labute approximate surface area is 163 Å². The summed E-state index contributed by atoms with van der Waals surface area (Å²) in [5.41, 5.74) is 0.973. The maximum atomic E-state index is 12.4. The van der Waals surface area contributed by atoms with Gasteiger partial charge in [-0.3, -0.25) is 10.1 Å². The van der Waals surface area contributed by atoms with Gasteiger partial charge in [0, 0.05) is 11.6 Å². The van der Waals surface area contributed by atoms with Crippen molar-refractivity contribution >= 4 is 5.69 Å². The van der Waals surface area contributed by atoms with E-state index in [-0.39, 0.29) is 41.3 Å². The summed E-state index contributed by atoms with van der Waals surface area (Å²) in [7, 11) is 1.31. The number of benzene rings is 2. The molecule has 9 nitrogen and oxygen atoms in total. The van der Waals surface area contributed by atoms with E-state index in [4.69, 9.17) is 14.0 Å². The molecule has 0 radical (unpaired) electrons. The van der Waals surface area contributed by atoms with Crippen molar-refractivity contribution in [2.45, 2.75) is 20.1 Å². The lowest BCUT2D eigenvalue weighted by Crippen LogP contribution is -2.03. The van der Waals surface area contributed by atoms with Crippen LogP contribution >= 0.6 is 0 Å². The second kappa shape index (κ2) is 8.50. The third-order valence-corrected chi connectivity index (χ3v) is 3.77. The summed E-state index contributed by atoms with van der Waals surface area (Å²) < 4.78 is 44.7. The number of rotatable bonds is 8. The predicted octanol–water partition coefficient (Wildman–Crippen LogP) is 4.14. The Morgan fingerprint density at radius 1 is 1.17 bits per heavy atom. The highest BCUT2D eigenvalue weighted by Gasteiger charge is 2.18. The standard InChI is InChI=1S/C18H15F2N3O6/c1-10-3-5-13(12(7-10)23(24)25)27-9-16-21-17(22-29-16)11-4-6-14(28-18(19)20)15(8-11)26-2/h3-8,18H,9H2,1-2H3. The first-order chi connectivity index (χ1) is 13.9. The Balaban J connectivity index is 1.76. The Bertz CT molecular complexity index is 1020. The van der Waals surface area contributed by atoms with Gasteiger partial charge in [0.2, 0.25) is 5.82 Å². The molecule has 1 heterocycles. The molecule has 0 amide bonds. The summed E-state index contributed by atoms with van der Waals surface area (Å²) in [5, 5.41) is 14.9. The zero-order valence-electron chi connectivity index (χ0n) is 15.3. The molecule has 0 unspecified atom stereocenters. The van der Waals surface area contributed by atoms with Gasteiger partial charge in [-0.25, -0.2) is 0 Å². The maximum absolute atomic E-state index is 12.4. The number of aromatic nitrogens is 2. The van der Waals surface area contributed by atoms with Gasteiger partial charge in [-0.2, -0.15) is 13.8 Å². The molecule has 0 aliphatic carbocycles. The lowest BCUT2D eigenvalue weighted by Gasteiger charge is -2.10. The van der Waals surface area contributed by atoms with Crippen LogP contribution in [0.2, 0.25) is 0 Å². The monoisotopic (exact) mass is 407 g/mol. The molecule has 0 saturated heterocycles.